The number of allylic oxidation sites excluding steroid dienone is 5. The molecule has 0 aromatic rings. The quantitative estimate of drug-likeness (QED) is 0.516. The molecule has 1 aliphatic carbocycles. The van der Waals surface area contributed by atoms with Gasteiger partial charge in [0.15, 0.2) is 0 Å². The Morgan fingerprint density at radius 1 is 1.50 bits per heavy atom. The molecular formula is C10H14. The molecule has 0 saturated carbocycles. The minimum Gasteiger partial charge on any atom is -0.0988 e. The van der Waals surface area contributed by atoms with Crippen molar-refractivity contribution in [3.63, 3.8) is 0 Å². The highest BCUT2D eigenvalue weighted by atomic mass is 14.1. The van der Waals surface area contributed by atoms with Gasteiger partial charge in [-0.3, -0.25) is 0 Å². The van der Waals surface area contributed by atoms with Crippen molar-refractivity contribution in [2.45, 2.75) is 26.2 Å². The van der Waals surface area contributed by atoms with E-state index in [1.165, 1.54) is 30.4 Å². The van der Waals surface area contributed by atoms with Crippen LogP contribution in [-0.2, 0) is 0 Å². The van der Waals surface area contributed by atoms with E-state index < -0.39 is 0 Å². The molecule has 0 amide bonds. The summed E-state index contributed by atoms with van der Waals surface area (Å²) in [6.07, 6.45) is 10.1. The van der Waals surface area contributed by atoms with Gasteiger partial charge in [-0.05, 0) is 31.8 Å². The highest BCUT2D eigenvalue weighted by Crippen LogP contribution is 2.22. The molecule has 1 rings (SSSR count). The molecule has 0 unspecified atom stereocenters. The first-order valence-corrected chi connectivity index (χ1v) is 3.85. The van der Waals surface area contributed by atoms with Gasteiger partial charge >= 0.3 is 0 Å². The summed E-state index contributed by atoms with van der Waals surface area (Å²) in [6, 6.07) is 0. The van der Waals surface area contributed by atoms with E-state index in [0.29, 0.717) is 0 Å². The zero-order chi connectivity index (χ0) is 7.40. The fourth-order valence-corrected chi connectivity index (χ4v) is 1.27. The van der Waals surface area contributed by atoms with Crippen molar-refractivity contribution in [2.75, 3.05) is 0 Å². The van der Waals surface area contributed by atoms with Gasteiger partial charge in [0.25, 0.3) is 0 Å². The molecule has 0 bridgehead atoms. The lowest BCUT2D eigenvalue weighted by molar-refractivity contribution is 0.797. The molecule has 0 heterocycles. The Hall–Kier alpha value is -0.780. The van der Waals surface area contributed by atoms with Crippen molar-refractivity contribution in [3.05, 3.63) is 36.0 Å². The Morgan fingerprint density at radius 2 is 2.30 bits per heavy atom. The van der Waals surface area contributed by atoms with Gasteiger partial charge < -0.3 is 0 Å². The third-order valence-corrected chi connectivity index (χ3v) is 1.93. The molecule has 54 valence electrons. The SMILES string of the molecule is C=CC1=CC(=CC)CCC1. The Labute approximate surface area is 62.9 Å². The van der Waals surface area contributed by atoms with Crippen molar-refractivity contribution < 1.29 is 0 Å². The molecule has 0 aliphatic heterocycles. The Bertz CT molecular complexity index is 182. The minimum atomic E-state index is 1.21. The van der Waals surface area contributed by atoms with Gasteiger partial charge in [-0.15, -0.1) is 0 Å². The molecule has 10 heavy (non-hydrogen) atoms. The maximum atomic E-state index is 3.76. The number of rotatable bonds is 1. The van der Waals surface area contributed by atoms with Gasteiger partial charge in [0.1, 0.15) is 0 Å². The fraction of sp³-hybridized carbons (Fsp3) is 0.400. The summed E-state index contributed by atoms with van der Waals surface area (Å²) < 4.78 is 0. The summed E-state index contributed by atoms with van der Waals surface area (Å²) in [5, 5.41) is 0. The van der Waals surface area contributed by atoms with Crippen LogP contribution in [0.3, 0.4) is 0 Å². The normalized spacial score (nSPS) is 22.5. The number of hydrogen-bond acceptors (Lipinski definition) is 0. The monoisotopic (exact) mass is 134 g/mol. The van der Waals surface area contributed by atoms with E-state index in [0.717, 1.165) is 0 Å². The minimum absolute atomic E-state index is 1.21. The third kappa shape index (κ3) is 1.60. The lowest BCUT2D eigenvalue weighted by Gasteiger charge is -2.10. The lowest BCUT2D eigenvalue weighted by Crippen LogP contribution is -1.91. The maximum absolute atomic E-state index is 3.76. The zero-order valence-electron chi connectivity index (χ0n) is 6.56. The average molecular weight is 134 g/mol. The third-order valence-electron chi connectivity index (χ3n) is 1.93. The maximum Gasteiger partial charge on any atom is -0.0276 e. The van der Waals surface area contributed by atoms with Crippen molar-refractivity contribution in [2.24, 2.45) is 0 Å². The van der Waals surface area contributed by atoms with Crippen molar-refractivity contribution in [1.82, 2.24) is 0 Å². The zero-order valence-corrected chi connectivity index (χ0v) is 6.56. The van der Waals surface area contributed by atoms with E-state index in [2.05, 4.69) is 25.7 Å². The summed E-state index contributed by atoms with van der Waals surface area (Å²) in [5.74, 6) is 0. The van der Waals surface area contributed by atoms with Crippen LogP contribution < -0.4 is 0 Å². The van der Waals surface area contributed by atoms with Crippen molar-refractivity contribution >= 4 is 0 Å². The van der Waals surface area contributed by atoms with E-state index in [4.69, 9.17) is 0 Å². The number of hydrogen-bond donors (Lipinski definition) is 0. The molecule has 0 spiro atoms. The molecule has 0 atom stereocenters. The van der Waals surface area contributed by atoms with Crippen LogP contribution in [0.25, 0.3) is 0 Å². The molecule has 0 aromatic heterocycles. The fourth-order valence-electron chi connectivity index (χ4n) is 1.27. The van der Waals surface area contributed by atoms with Crippen LogP contribution in [0.1, 0.15) is 26.2 Å². The first-order valence-electron chi connectivity index (χ1n) is 3.85. The average Bonchev–Trinajstić information content (AvgIpc) is 2.05. The van der Waals surface area contributed by atoms with Crippen LogP contribution in [0.2, 0.25) is 0 Å². The second-order valence-corrected chi connectivity index (χ2v) is 2.64. The molecule has 1 aliphatic rings. The highest BCUT2D eigenvalue weighted by Gasteiger charge is 2.02. The summed E-state index contributed by atoms with van der Waals surface area (Å²) in [5.41, 5.74) is 2.85. The van der Waals surface area contributed by atoms with Gasteiger partial charge in [0, 0.05) is 0 Å². The molecule has 0 saturated heterocycles. The predicted molar refractivity (Wildman–Crippen MR) is 45.9 cm³/mol. The molecule has 0 aromatic carbocycles. The first-order chi connectivity index (χ1) is 4.86. The van der Waals surface area contributed by atoms with E-state index in [-0.39, 0.29) is 0 Å². The summed E-state index contributed by atoms with van der Waals surface area (Å²) in [6.45, 7) is 5.85. The van der Waals surface area contributed by atoms with Crippen LogP contribution in [0.4, 0.5) is 0 Å². The topological polar surface area (TPSA) is 0 Å². The molecule has 0 radical (unpaired) electrons. The second kappa shape index (κ2) is 3.40. The van der Waals surface area contributed by atoms with Gasteiger partial charge in [0.05, 0.1) is 0 Å². The predicted octanol–water partition coefficient (Wildman–Crippen LogP) is 3.23. The standard InChI is InChI=1S/C10H14/c1-3-9-6-5-7-10(4-2)8-9/h3-4,8H,1,5-7H2,2H3. The Balaban J connectivity index is 2.75. The van der Waals surface area contributed by atoms with Gasteiger partial charge in [-0.2, -0.15) is 0 Å². The smallest absolute Gasteiger partial charge is 0.0276 e. The van der Waals surface area contributed by atoms with Crippen LogP contribution in [0.5, 0.6) is 0 Å². The van der Waals surface area contributed by atoms with Crippen molar-refractivity contribution in [1.29, 1.82) is 0 Å². The van der Waals surface area contributed by atoms with Crippen LogP contribution in [0.15, 0.2) is 36.0 Å². The molecule has 0 heteroatoms. The molecular weight excluding hydrogens is 120 g/mol. The van der Waals surface area contributed by atoms with E-state index in [1.807, 2.05) is 6.08 Å². The van der Waals surface area contributed by atoms with Crippen LogP contribution >= 0.6 is 0 Å². The molecule has 0 N–H and O–H groups in total. The molecule has 0 fully saturated rings. The largest absolute Gasteiger partial charge is 0.0988 e. The van der Waals surface area contributed by atoms with E-state index >= 15 is 0 Å². The van der Waals surface area contributed by atoms with Crippen molar-refractivity contribution in [3.8, 4) is 0 Å². The van der Waals surface area contributed by atoms with Gasteiger partial charge in [-0.25, -0.2) is 0 Å². The van der Waals surface area contributed by atoms with Gasteiger partial charge in [-0.1, -0.05) is 30.4 Å². The molecule has 0 nitrogen and oxygen atoms in total. The highest BCUT2D eigenvalue weighted by molar-refractivity contribution is 5.31. The second-order valence-electron chi connectivity index (χ2n) is 2.64. The van der Waals surface area contributed by atoms with Crippen LogP contribution in [-0.4, -0.2) is 0 Å². The van der Waals surface area contributed by atoms with Crippen LogP contribution in [0, 0.1) is 0 Å². The summed E-state index contributed by atoms with van der Waals surface area (Å²) in [4.78, 5) is 0. The summed E-state index contributed by atoms with van der Waals surface area (Å²) >= 11 is 0. The summed E-state index contributed by atoms with van der Waals surface area (Å²) in [7, 11) is 0. The lowest BCUT2D eigenvalue weighted by atomic mass is 9.95. The van der Waals surface area contributed by atoms with Gasteiger partial charge in [0.2, 0.25) is 0 Å². The van der Waals surface area contributed by atoms with E-state index in [1.54, 1.807) is 0 Å². The Kier molecular flexibility index (Phi) is 2.49. The first kappa shape index (κ1) is 7.33. The van der Waals surface area contributed by atoms with E-state index in [9.17, 15) is 0 Å². The Morgan fingerprint density at radius 3 is 2.90 bits per heavy atom.